The number of imidazole rings is 1. The number of ether oxygens (including phenoxy) is 1. The van der Waals surface area contributed by atoms with Gasteiger partial charge in [-0.1, -0.05) is 12.2 Å². The maximum absolute atomic E-state index is 11.2. The van der Waals surface area contributed by atoms with Crippen LogP contribution in [0.2, 0.25) is 0 Å². The molecule has 1 aliphatic rings. The number of nitro groups is 1. The van der Waals surface area contributed by atoms with Crippen molar-refractivity contribution >= 4 is 28.6 Å². The van der Waals surface area contributed by atoms with Crippen molar-refractivity contribution in [1.29, 1.82) is 0 Å². The SMILES string of the molecule is CC1Oc2cc([N+](=O)[O-])c(-n3ccnc3)cc2NC1=S. The second kappa shape index (κ2) is 4.57. The van der Waals surface area contributed by atoms with Gasteiger partial charge >= 0.3 is 0 Å². The summed E-state index contributed by atoms with van der Waals surface area (Å²) in [6.07, 6.45) is 4.38. The third kappa shape index (κ3) is 1.99. The molecule has 0 fully saturated rings. The fraction of sp³-hybridized carbons (Fsp3) is 0.167. The molecule has 102 valence electrons. The third-order valence-electron chi connectivity index (χ3n) is 2.99. The summed E-state index contributed by atoms with van der Waals surface area (Å²) in [6.45, 7) is 1.79. The highest BCUT2D eigenvalue weighted by molar-refractivity contribution is 7.80. The van der Waals surface area contributed by atoms with E-state index in [9.17, 15) is 10.1 Å². The molecule has 0 radical (unpaired) electrons. The molecule has 0 spiro atoms. The highest BCUT2D eigenvalue weighted by Gasteiger charge is 2.26. The van der Waals surface area contributed by atoms with Crippen molar-refractivity contribution in [3.05, 3.63) is 41.0 Å². The van der Waals surface area contributed by atoms with Gasteiger partial charge in [0, 0.05) is 12.4 Å². The summed E-state index contributed by atoms with van der Waals surface area (Å²) in [7, 11) is 0. The fourth-order valence-electron chi connectivity index (χ4n) is 1.99. The zero-order chi connectivity index (χ0) is 14.3. The Balaban J connectivity index is 2.18. The van der Waals surface area contributed by atoms with E-state index in [4.69, 9.17) is 17.0 Å². The molecule has 0 saturated heterocycles. The van der Waals surface area contributed by atoms with Gasteiger partial charge in [0.25, 0.3) is 5.69 Å². The Kier molecular flexibility index (Phi) is 2.87. The smallest absolute Gasteiger partial charge is 0.297 e. The van der Waals surface area contributed by atoms with E-state index < -0.39 is 4.92 Å². The Labute approximate surface area is 119 Å². The summed E-state index contributed by atoms with van der Waals surface area (Å²) >= 11 is 5.14. The van der Waals surface area contributed by atoms with Crippen molar-refractivity contribution in [2.24, 2.45) is 0 Å². The van der Waals surface area contributed by atoms with Gasteiger partial charge in [-0.05, 0) is 13.0 Å². The van der Waals surface area contributed by atoms with Crippen LogP contribution in [0.1, 0.15) is 6.92 Å². The Morgan fingerprint density at radius 1 is 1.55 bits per heavy atom. The van der Waals surface area contributed by atoms with E-state index in [1.54, 1.807) is 30.0 Å². The molecule has 1 aromatic heterocycles. The molecule has 0 bridgehead atoms. The number of hydrogen-bond acceptors (Lipinski definition) is 5. The number of aromatic nitrogens is 2. The van der Waals surface area contributed by atoms with Crippen LogP contribution < -0.4 is 10.1 Å². The third-order valence-corrected chi connectivity index (χ3v) is 3.42. The maximum Gasteiger partial charge on any atom is 0.297 e. The van der Waals surface area contributed by atoms with E-state index in [0.29, 0.717) is 22.1 Å². The second-order valence-corrected chi connectivity index (χ2v) is 4.75. The van der Waals surface area contributed by atoms with Crippen LogP contribution in [0.25, 0.3) is 5.69 Å². The zero-order valence-electron chi connectivity index (χ0n) is 10.4. The molecule has 2 aromatic rings. The maximum atomic E-state index is 11.2. The lowest BCUT2D eigenvalue weighted by atomic mass is 10.2. The first-order valence-corrected chi connectivity index (χ1v) is 6.25. The Bertz CT molecular complexity index is 699. The number of rotatable bonds is 2. The molecule has 1 aromatic carbocycles. The summed E-state index contributed by atoms with van der Waals surface area (Å²) in [5.74, 6) is 0.418. The van der Waals surface area contributed by atoms with Crippen LogP contribution in [0.3, 0.4) is 0 Å². The lowest BCUT2D eigenvalue weighted by molar-refractivity contribution is -0.384. The van der Waals surface area contributed by atoms with Crippen molar-refractivity contribution in [2.45, 2.75) is 13.0 Å². The molecular weight excluding hydrogens is 280 g/mol. The van der Waals surface area contributed by atoms with Gasteiger partial charge in [0.15, 0.2) is 5.75 Å². The molecule has 2 heterocycles. The highest BCUT2D eigenvalue weighted by atomic mass is 32.1. The largest absolute Gasteiger partial charge is 0.481 e. The molecule has 3 rings (SSSR count). The molecular formula is C12H10N4O3S. The molecule has 1 aliphatic heterocycles. The quantitative estimate of drug-likeness (QED) is 0.519. The normalized spacial score (nSPS) is 17.1. The number of nitrogens with zero attached hydrogens (tertiary/aromatic N) is 3. The molecule has 0 saturated carbocycles. The topological polar surface area (TPSA) is 82.2 Å². The Hall–Kier alpha value is -2.48. The van der Waals surface area contributed by atoms with Crippen LogP contribution in [0.15, 0.2) is 30.9 Å². The van der Waals surface area contributed by atoms with E-state index in [-0.39, 0.29) is 11.8 Å². The molecule has 1 atom stereocenters. The van der Waals surface area contributed by atoms with Gasteiger partial charge in [-0.3, -0.25) is 10.1 Å². The van der Waals surface area contributed by atoms with Crippen LogP contribution in [0.5, 0.6) is 5.75 Å². The average molecular weight is 290 g/mol. The van der Waals surface area contributed by atoms with Gasteiger partial charge in [0.05, 0.1) is 23.0 Å². The summed E-state index contributed by atoms with van der Waals surface area (Å²) in [6, 6.07) is 3.03. The van der Waals surface area contributed by atoms with E-state index in [0.717, 1.165) is 0 Å². The minimum Gasteiger partial charge on any atom is -0.481 e. The van der Waals surface area contributed by atoms with Crippen LogP contribution in [0, 0.1) is 10.1 Å². The van der Waals surface area contributed by atoms with Crippen LogP contribution in [0.4, 0.5) is 11.4 Å². The van der Waals surface area contributed by atoms with Gasteiger partial charge < -0.3 is 14.6 Å². The minimum atomic E-state index is -0.448. The molecule has 20 heavy (non-hydrogen) atoms. The minimum absolute atomic E-state index is 0.0523. The molecule has 1 unspecified atom stereocenters. The lowest BCUT2D eigenvalue weighted by Crippen LogP contribution is -2.33. The number of thiocarbonyl (C=S) groups is 1. The average Bonchev–Trinajstić information content (AvgIpc) is 2.92. The summed E-state index contributed by atoms with van der Waals surface area (Å²) in [5.41, 5.74) is 0.964. The molecule has 8 heteroatoms. The summed E-state index contributed by atoms with van der Waals surface area (Å²) < 4.78 is 7.14. The lowest BCUT2D eigenvalue weighted by Gasteiger charge is -2.25. The molecule has 0 amide bonds. The fourth-order valence-corrected chi connectivity index (χ4v) is 2.14. The predicted octanol–water partition coefficient (Wildman–Crippen LogP) is 2.30. The first-order chi connectivity index (χ1) is 9.56. The van der Waals surface area contributed by atoms with Crippen molar-refractivity contribution in [3.63, 3.8) is 0 Å². The van der Waals surface area contributed by atoms with Crippen molar-refractivity contribution in [3.8, 4) is 11.4 Å². The van der Waals surface area contributed by atoms with Gasteiger partial charge in [0.1, 0.15) is 16.8 Å². The number of anilines is 1. The van der Waals surface area contributed by atoms with Gasteiger partial charge in [-0.2, -0.15) is 0 Å². The zero-order valence-corrected chi connectivity index (χ0v) is 11.3. The predicted molar refractivity (Wildman–Crippen MR) is 76.5 cm³/mol. The Morgan fingerprint density at radius 3 is 3.00 bits per heavy atom. The number of hydrogen-bond donors (Lipinski definition) is 1. The monoisotopic (exact) mass is 290 g/mol. The second-order valence-electron chi connectivity index (χ2n) is 4.31. The molecule has 1 N–H and O–H groups in total. The molecule has 7 nitrogen and oxygen atoms in total. The summed E-state index contributed by atoms with van der Waals surface area (Å²) in [5, 5.41) is 14.2. The van der Waals surface area contributed by atoms with E-state index in [2.05, 4.69) is 10.3 Å². The van der Waals surface area contributed by atoms with Gasteiger partial charge in [0.2, 0.25) is 0 Å². The van der Waals surface area contributed by atoms with Gasteiger partial charge in [-0.25, -0.2) is 4.98 Å². The van der Waals surface area contributed by atoms with Crippen LogP contribution in [-0.4, -0.2) is 25.6 Å². The van der Waals surface area contributed by atoms with Crippen molar-refractivity contribution in [1.82, 2.24) is 9.55 Å². The number of benzene rings is 1. The highest BCUT2D eigenvalue weighted by Crippen LogP contribution is 2.37. The summed E-state index contributed by atoms with van der Waals surface area (Å²) in [4.78, 5) is 15.2. The number of nitrogens with one attached hydrogen (secondary N) is 1. The first-order valence-electron chi connectivity index (χ1n) is 5.84. The standard InChI is InChI=1S/C12H10N4O3S/c1-7-12(20)14-8-4-9(15-3-2-13-6-15)10(16(17)18)5-11(8)19-7/h2-7H,1H3,(H,14,20). The Morgan fingerprint density at radius 2 is 2.35 bits per heavy atom. The van der Waals surface area contributed by atoms with Gasteiger partial charge in [-0.15, -0.1) is 0 Å². The van der Waals surface area contributed by atoms with E-state index >= 15 is 0 Å². The van der Waals surface area contributed by atoms with Crippen LogP contribution in [-0.2, 0) is 0 Å². The van der Waals surface area contributed by atoms with Crippen molar-refractivity contribution < 1.29 is 9.66 Å². The first kappa shape index (κ1) is 12.5. The number of fused-ring (bicyclic) bond motifs is 1. The van der Waals surface area contributed by atoms with Crippen LogP contribution >= 0.6 is 12.2 Å². The van der Waals surface area contributed by atoms with E-state index in [1.807, 2.05) is 0 Å². The van der Waals surface area contributed by atoms with E-state index in [1.165, 1.54) is 12.4 Å². The number of nitro benzene ring substituents is 1. The van der Waals surface area contributed by atoms with Crippen molar-refractivity contribution in [2.75, 3.05) is 5.32 Å². The molecule has 0 aliphatic carbocycles.